The number of aromatic nitrogens is 2. The van der Waals surface area contributed by atoms with Crippen LogP contribution in [0.1, 0.15) is 10.4 Å². The van der Waals surface area contributed by atoms with Crippen molar-refractivity contribution in [2.24, 2.45) is 0 Å². The quantitative estimate of drug-likeness (QED) is 0.778. The number of rotatable bonds is 3. The molecule has 1 amide bonds. The van der Waals surface area contributed by atoms with Crippen LogP contribution in [0.3, 0.4) is 0 Å². The first-order valence-electron chi connectivity index (χ1n) is 6.25. The molecule has 104 valence electrons. The van der Waals surface area contributed by atoms with Crippen molar-refractivity contribution in [2.45, 2.75) is 0 Å². The number of anilines is 2. The molecular weight excluding hydrogens is 284 g/mol. The van der Waals surface area contributed by atoms with Crippen LogP contribution in [-0.2, 0) is 0 Å². The highest BCUT2D eigenvalue weighted by Gasteiger charge is 2.07. The molecule has 1 aromatic carbocycles. The zero-order valence-electron chi connectivity index (χ0n) is 11.0. The lowest BCUT2D eigenvalue weighted by Crippen LogP contribution is -2.11. The summed E-state index contributed by atoms with van der Waals surface area (Å²) in [5.41, 5.74) is 8.63. The zero-order chi connectivity index (χ0) is 14.7. The van der Waals surface area contributed by atoms with Crippen LogP contribution in [0.5, 0.6) is 0 Å². The highest BCUT2D eigenvalue weighted by Crippen LogP contribution is 2.25. The van der Waals surface area contributed by atoms with E-state index in [1.165, 1.54) is 11.3 Å². The van der Waals surface area contributed by atoms with Crippen molar-refractivity contribution in [3.05, 3.63) is 59.7 Å². The van der Waals surface area contributed by atoms with Gasteiger partial charge in [-0.3, -0.25) is 9.78 Å². The number of nitrogen functional groups attached to an aromatic ring is 1. The minimum absolute atomic E-state index is 0.174. The standard InChI is InChI=1S/C15H12N4OS/c16-15-19-13(9-21-15)11-2-1-3-12(8-11)18-14(20)10-4-6-17-7-5-10/h1-9H,(H2,16,19)(H,18,20). The number of carbonyl (C=O) groups excluding carboxylic acids is 1. The largest absolute Gasteiger partial charge is 0.375 e. The Kier molecular flexibility index (Phi) is 3.61. The molecule has 3 aromatic rings. The lowest BCUT2D eigenvalue weighted by Gasteiger charge is -2.06. The lowest BCUT2D eigenvalue weighted by atomic mass is 10.1. The van der Waals surface area contributed by atoms with Crippen molar-refractivity contribution in [2.75, 3.05) is 11.1 Å². The number of thiazole rings is 1. The maximum absolute atomic E-state index is 12.1. The molecule has 0 unspecified atom stereocenters. The second kappa shape index (κ2) is 5.72. The normalized spacial score (nSPS) is 10.3. The lowest BCUT2D eigenvalue weighted by molar-refractivity contribution is 0.102. The number of amides is 1. The molecule has 0 aliphatic carbocycles. The summed E-state index contributed by atoms with van der Waals surface area (Å²) in [6.45, 7) is 0. The van der Waals surface area contributed by atoms with E-state index in [9.17, 15) is 4.79 Å². The molecule has 0 aliphatic rings. The summed E-state index contributed by atoms with van der Waals surface area (Å²) in [5.74, 6) is -0.174. The van der Waals surface area contributed by atoms with Gasteiger partial charge in [-0.15, -0.1) is 11.3 Å². The zero-order valence-corrected chi connectivity index (χ0v) is 11.8. The van der Waals surface area contributed by atoms with E-state index >= 15 is 0 Å². The van der Waals surface area contributed by atoms with Crippen LogP contribution in [0.4, 0.5) is 10.8 Å². The molecule has 0 bridgehead atoms. The fraction of sp³-hybridized carbons (Fsp3) is 0. The number of nitrogens with one attached hydrogen (secondary N) is 1. The maximum Gasteiger partial charge on any atom is 0.255 e. The molecule has 2 heterocycles. The number of hydrogen-bond acceptors (Lipinski definition) is 5. The van der Waals surface area contributed by atoms with Crippen LogP contribution in [0.25, 0.3) is 11.3 Å². The number of carbonyl (C=O) groups is 1. The van der Waals surface area contributed by atoms with Crippen LogP contribution in [0.15, 0.2) is 54.2 Å². The van der Waals surface area contributed by atoms with E-state index in [0.717, 1.165) is 11.3 Å². The Hall–Kier alpha value is -2.73. The molecule has 3 N–H and O–H groups in total. The molecule has 0 spiro atoms. The Bertz CT molecular complexity index is 770. The molecule has 5 nitrogen and oxygen atoms in total. The van der Waals surface area contributed by atoms with Gasteiger partial charge >= 0.3 is 0 Å². The van der Waals surface area contributed by atoms with Crippen LogP contribution in [0, 0.1) is 0 Å². The molecule has 3 rings (SSSR count). The van der Waals surface area contributed by atoms with Gasteiger partial charge in [-0.25, -0.2) is 4.98 Å². The Labute approximate surface area is 125 Å². The molecule has 0 saturated carbocycles. The molecule has 21 heavy (non-hydrogen) atoms. The summed E-state index contributed by atoms with van der Waals surface area (Å²) < 4.78 is 0. The van der Waals surface area contributed by atoms with Crippen molar-refractivity contribution < 1.29 is 4.79 Å². The molecule has 0 radical (unpaired) electrons. The first kappa shape index (κ1) is 13.3. The molecule has 0 aliphatic heterocycles. The molecule has 2 aromatic heterocycles. The third kappa shape index (κ3) is 3.06. The molecule has 0 saturated heterocycles. The fourth-order valence-corrected chi connectivity index (χ4v) is 2.46. The van der Waals surface area contributed by atoms with Crippen molar-refractivity contribution in [1.29, 1.82) is 0 Å². The SMILES string of the molecule is Nc1nc(-c2cccc(NC(=O)c3ccncc3)c2)cs1. The maximum atomic E-state index is 12.1. The van der Waals surface area contributed by atoms with E-state index in [4.69, 9.17) is 5.73 Å². The average molecular weight is 296 g/mol. The number of hydrogen-bond donors (Lipinski definition) is 2. The Morgan fingerprint density at radius 3 is 2.71 bits per heavy atom. The van der Waals surface area contributed by atoms with E-state index in [1.54, 1.807) is 24.5 Å². The Morgan fingerprint density at radius 1 is 1.19 bits per heavy atom. The summed E-state index contributed by atoms with van der Waals surface area (Å²) in [6, 6.07) is 10.8. The minimum atomic E-state index is -0.174. The first-order chi connectivity index (χ1) is 10.2. The second-order valence-electron chi connectivity index (χ2n) is 4.34. The molecule has 6 heteroatoms. The second-order valence-corrected chi connectivity index (χ2v) is 5.23. The van der Waals surface area contributed by atoms with E-state index in [1.807, 2.05) is 29.6 Å². The third-order valence-corrected chi connectivity index (χ3v) is 3.55. The summed E-state index contributed by atoms with van der Waals surface area (Å²) in [4.78, 5) is 20.2. The Balaban J connectivity index is 1.82. The Morgan fingerprint density at radius 2 is 2.00 bits per heavy atom. The van der Waals surface area contributed by atoms with E-state index in [-0.39, 0.29) is 5.91 Å². The number of nitrogens with two attached hydrogens (primary N) is 1. The summed E-state index contributed by atoms with van der Waals surface area (Å²) in [5, 5.41) is 5.27. The highest BCUT2D eigenvalue weighted by atomic mass is 32.1. The van der Waals surface area contributed by atoms with Gasteiger partial charge in [0.15, 0.2) is 5.13 Å². The third-order valence-electron chi connectivity index (χ3n) is 2.88. The summed E-state index contributed by atoms with van der Waals surface area (Å²) in [6.07, 6.45) is 3.17. The van der Waals surface area contributed by atoms with Crippen molar-refractivity contribution in [3.8, 4) is 11.3 Å². The van der Waals surface area contributed by atoms with Gasteiger partial charge in [0, 0.05) is 34.6 Å². The molecule has 0 atom stereocenters. The predicted molar refractivity (Wildman–Crippen MR) is 84.2 cm³/mol. The number of pyridine rings is 1. The van der Waals surface area contributed by atoms with Gasteiger partial charge in [0.2, 0.25) is 0 Å². The smallest absolute Gasteiger partial charge is 0.255 e. The number of benzene rings is 1. The minimum Gasteiger partial charge on any atom is -0.375 e. The highest BCUT2D eigenvalue weighted by molar-refractivity contribution is 7.13. The van der Waals surface area contributed by atoms with Crippen LogP contribution < -0.4 is 11.1 Å². The van der Waals surface area contributed by atoms with Gasteiger partial charge < -0.3 is 11.1 Å². The van der Waals surface area contributed by atoms with Gasteiger partial charge in [-0.2, -0.15) is 0 Å². The van der Waals surface area contributed by atoms with Gasteiger partial charge in [-0.1, -0.05) is 12.1 Å². The monoisotopic (exact) mass is 296 g/mol. The first-order valence-corrected chi connectivity index (χ1v) is 7.13. The number of nitrogens with zero attached hydrogens (tertiary/aromatic N) is 2. The van der Waals surface area contributed by atoms with Gasteiger partial charge in [0.25, 0.3) is 5.91 Å². The summed E-state index contributed by atoms with van der Waals surface area (Å²) >= 11 is 1.39. The van der Waals surface area contributed by atoms with E-state index in [2.05, 4.69) is 15.3 Å². The molecular formula is C15H12N4OS. The van der Waals surface area contributed by atoms with Crippen molar-refractivity contribution >= 4 is 28.1 Å². The molecule has 0 fully saturated rings. The summed E-state index contributed by atoms with van der Waals surface area (Å²) in [7, 11) is 0. The van der Waals surface area contributed by atoms with Crippen LogP contribution in [0.2, 0.25) is 0 Å². The van der Waals surface area contributed by atoms with Gasteiger partial charge in [0.05, 0.1) is 5.69 Å². The predicted octanol–water partition coefficient (Wildman–Crippen LogP) is 3.04. The van der Waals surface area contributed by atoms with Crippen LogP contribution >= 0.6 is 11.3 Å². The van der Waals surface area contributed by atoms with E-state index < -0.39 is 0 Å². The fourth-order valence-electron chi connectivity index (χ4n) is 1.88. The van der Waals surface area contributed by atoms with Crippen LogP contribution in [-0.4, -0.2) is 15.9 Å². The van der Waals surface area contributed by atoms with Crippen molar-refractivity contribution in [1.82, 2.24) is 9.97 Å². The average Bonchev–Trinajstić information content (AvgIpc) is 2.95. The van der Waals surface area contributed by atoms with E-state index in [0.29, 0.717) is 16.4 Å². The van der Waals surface area contributed by atoms with Gasteiger partial charge in [0.1, 0.15) is 0 Å². The van der Waals surface area contributed by atoms with Crippen molar-refractivity contribution in [3.63, 3.8) is 0 Å². The topological polar surface area (TPSA) is 80.9 Å². The van der Waals surface area contributed by atoms with Gasteiger partial charge in [-0.05, 0) is 24.3 Å².